The summed E-state index contributed by atoms with van der Waals surface area (Å²) in [7, 11) is 1.41. The van der Waals surface area contributed by atoms with Crippen LogP contribution in [0.3, 0.4) is 0 Å². The average Bonchev–Trinajstić information content (AvgIpc) is 1.99. The van der Waals surface area contributed by atoms with Gasteiger partial charge in [0.1, 0.15) is 0 Å². The molecule has 0 heterocycles. The first-order valence-electron chi connectivity index (χ1n) is 3.25. The molecule has 0 bridgehead atoms. The van der Waals surface area contributed by atoms with Gasteiger partial charge in [-0.05, 0) is 18.9 Å². The van der Waals surface area contributed by atoms with Gasteiger partial charge in [0.15, 0.2) is 0 Å². The summed E-state index contributed by atoms with van der Waals surface area (Å²) in [5.74, 6) is -0.479. The van der Waals surface area contributed by atoms with Crippen LogP contribution in [0.25, 0.3) is 0 Å². The SMILES string of the molecule is CCC(C)=C=CC(F)=NC. The molecule has 0 fully saturated rings. The van der Waals surface area contributed by atoms with Gasteiger partial charge in [-0.15, -0.1) is 5.73 Å². The van der Waals surface area contributed by atoms with Gasteiger partial charge in [-0.25, -0.2) is 0 Å². The van der Waals surface area contributed by atoms with Crippen molar-refractivity contribution < 1.29 is 4.39 Å². The maximum Gasteiger partial charge on any atom is 0.215 e. The van der Waals surface area contributed by atoms with E-state index in [1.165, 1.54) is 13.1 Å². The molecular weight excluding hydrogens is 129 g/mol. The van der Waals surface area contributed by atoms with E-state index < -0.39 is 5.97 Å². The van der Waals surface area contributed by atoms with E-state index in [9.17, 15) is 4.39 Å². The summed E-state index contributed by atoms with van der Waals surface area (Å²) < 4.78 is 12.2. The summed E-state index contributed by atoms with van der Waals surface area (Å²) in [5.41, 5.74) is 3.80. The third-order valence-corrected chi connectivity index (χ3v) is 1.18. The summed E-state index contributed by atoms with van der Waals surface area (Å²) in [5, 5.41) is 0. The van der Waals surface area contributed by atoms with Crippen molar-refractivity contribution in [3.63, 3.8) is 0 Å². The second kappa shape index (κ2) is 4.95. The van der Waals surface area contributed by atoms with Gasteiger partial charge < -0.3 is 0 Å². The predicted molar refractivity (Wildman–Crippen MR) is 42.0 cm³/mol. The summed E-state index contributed by atoms with van der Waals surface area (Å²) in [6.45, 7) is 3.90. The number of rotatable bonds is 2. The molecule has 0 aliphatic rings. The Balaban J connectivity index is 4.22. The summed E-state index contributed by atoms with van der Waals surface area (Å²) in [4.78, 5) is 3.31. The standard InChI is InChI=1S/C8H12FN/c1-4-7(2)5-6-8(9)10-3/h6H,4H2,1-3H3. The van der Waals surface area contributed by atoms with E-state index in [-0.39, 0.29) is 0 Å². The topological polar surface area (TPSA) is 12.4 Å². The number of hydrogen-bond donors (Lipinski definition) is 0. The molecule has 2 heteroatoms. The van der Waals surface area contributed by atoms with Crippen LogP contribution in [0.15, 0.2) is 22.4 Å². The van der Waals surface area contributed by atoms with E-state index in [4.69, 9.17) is 0 Å². The van der Waals surface area contributed by atoms with Crippen LogP contribution in [0.5, 0.6) is 0 Å². The van der Waals surface area contributed by atoms with Crippen LogP contribution in [0.1, 0.15) is 20.3 Å². The quantitative estimate of drug-likeness (QED) is 0.414. The molecule has 56 valence electrons. The van der Waals surface area contributed by atoms with Crippen molar-refractivity contribution in [3.8, 4) is 0 Å². The summed E-state index contributed by atoms with van der Waals surface area (Å²) in [6.07, 6.45) is 2.15. The van der Waals surface area contributed by atoms with E-state index in [2.05, 4.69) is 10.7 Å². The Kier molecular flexibility index (Phi) is 4.51. The zero-order valence-corrected chi connectivity index (χ0v) is 6.61. The van der Waals surface area contributed by atoms with Crippen LogP contribution in [0.4, 0.5) is 4.39 Å². The summed E-state index contributed by atoms with van der Waals surface area (Å²) >= 11 is 0. The molecule has 0 unspecified atom stereocenters. The van der Waals surface area contributed by atoms with Crippen molar-refractivity contribution in [1.82, 2.24) is 0 Å². The van der Waals surface area contributed by atoms with Gasteiger partial charge in [0.2, 0.25) is 5.97 Å². The Hall–Kier alpha value is -0.880. The molecule has 0 rings (SSSR count). The monoisotopic (exact) mass is 141 g/mol. The van der Waals surface area contributed by atoms with Crippen molar-refractivity contribution in [2.45, 2.75) is 20.3 Å². The first-order chi connectivity index (χ1) is 4.70. The largest absolute Gasteiger partial charge is 0.261 e. The minimum atomic E-state index is -0.479. The van der Waals surface area contributed by atoms with Crippen LogP contribution in [-0.2, 0) is 0 Å². The molecular formula is C8H12FN. The zero-order chi connectivity index (χ0) is 7.98. The van der Waals surface area contributed by atoms with Crippen molar-refractivity contribution >= 4 is 5.97 Å². The van der Waals surface area contributed by atoms with Crippen LogP contribution in [0, 0.1) is 0 Å². The number of halogens is 1. The number of allylic oxidation sites excluding steroid dienone is 1. The minimum Gasteiger partial charge on any atom is -0.261 e. The molecule has 0 aromatic heterocycles. The number of nitrogens with zero attached hydrogens (tertiary/aromatic N) is 1. The molecule has 0 spiro atoms. The van der Waals surface area contributed by atoms with Crippen molar-refractivity contribution in [1.29, 1.82) is 0 Å². The van der Waals surface area contributed by atoms with E-state index in [1.807, 2.05) is 13.8 Å². The smallest absolute Gasteiger partial charge is 0.215 e. The first-order valence-corrected chi connectivity index (χ1v) is 3.25. The van der Waals surface area contributed by atoms with Gasteiger partial charge in [0.25, 0.3) is 0 Å². The molecule has 0 saturated heterocycles. The third kappa shape index (κ3) is 4.04. The van der Waals surface area contributed by atoms with Gasteiger partial charge in [-0.2, -0.15) is 4.39 Å². The molecule has 0 aromatic rings. The van der Waals surface area contributed by atoms with Crippen LogP contribution < -0.4 is 0 Å². The van der Waals surface area contributed by atoms with Gasteiger partial charge >= 0.3 is 0 Å². The highest BCUT2D eigenvalue weighted by Gasteiger charge is 1.82. The van der Waals surface area contributed by atoms with Crippen LogP contribution in [0.2, 0.25) is 0 Å². The fraction of sp³-hybridized carbons (Fsp3) is 0.500. The molecule has 0 aliphatic heterocycles. The highest BCUT2D eigenvalue weighted by molar-refractivity contribution is 5.86. The maximum absolute atomic E-state index is 12.2. The van der Waals surface area contributed by atoms with Crippen molar-refractivity contribution in [3.05, 3.63) is 17.4 Å². The maximum atomic E-state index is 12.2. The lowest BCUT2D eigenvalue weighted by molar-refractivity contribution is 0.809. The number of hydrogen-bond acceptors (Lipinski definition) is 1. The van der Waals surface area contributed by atoms with E-state index in [0.717, 1.165) is 12.0 Å². The lowest BCUT2D eigenvalue weighted by Gasteiger charge is -1.84. The first kappa shape index (κ1) is 9.12. The predicted octanol–water partition coefficient (Wildman–Crippen LogP) is 2.50. The molecule has 0 amide bonds. The van der Waals surface area contributed by atoms with Gasteiger partial charge in [0, 0.05) is 13.1 Å². The zero-order valence-electron chi connectivity index (χ0n) is 6.61. The third-order valence-electron chi connectivity index (χ3n) is 1.18. The second-order valence-corrected chi connectivity index (χ2v) is 1.97. The lowest BCUT2D eigenvalue weighted by atomic mass is 10.2. The molecule has 0 atom stereocenters. The van der Waals surface area contributed by atoms with Crippen LogP contribution in [-0.4, -0.2) is 13.0 Å². The van der Waals surface area contributed by atoms with E-state index in [0.29, 0.717) is 0 Å². The van der Waals surface area contributed by atoms with Gasteiger partial charge in [-0.1, -0.05) is 6.92 Å². The fourth-order valence-corrected chi connectivity index (χ4v) is 0.349. The second-order valence-electron chi connectivity index (χ2n) is 1.97. The molecule has 1 nitrogen and oxygen atoms in total. The Morgan fingerprint density at radius 3 is 2.70 bits per heavy atom. The normalized spacial score (nSPS) is 10.6. The Morgan fingerprint density at radius 1 is 1.70 bits per heavy atom. The molecule has 0 aromatic carbocycles. The lowest BCUT2D eigenvalue weighted by Crippen LogP contribution is -1.77. The van der Waals surface area contributed by atoms with Gasteiger partial charge in [-0.3, -0.25) is 4.99 Å². The molecule has 10 heavy (non-hydrogen) atoms. The Labute approximate surface area is 61.0 Å². The van der Waals surface area contributed by atoms with Crippen LogP contribution >= 0.6 is 0 Å². The highest BCUT2D eigenvalue weighted by Crippen LogP contribution is 1.94. The Morgan fingerprint density at radius 2 is 2.30 bits per heavy atom. The van der Waals surface area contributed by atoms with Crippen molar-refractivity contribution in [2.75, 3.05) is 7.05 Å². The molecule has 0 saturated carbocycles. The Bertz CT molecular complexity index is 185. The average molecular weight is 141 g/mol. The fourth-order valence-electron chi connectivity index (χ4n) is 0.349. The van der Waals surface area contributed by atoms with Crippen molar-refractivity contribution in [2.24, 2.45) is 4.99 Å². The molecule has 0 radical (unpaired) electrons. The highest BCUT2D eigenvalue weighted by atomic mass is 19.1. The van der Waals surface area contributed by atoms with E-state index in [1.54, 1.807) is 0 Å². The molecule has 0 N–H and O–H groups in total. The minimum absolute atomic E-state index is 0.479. The molecule has 0 aliphatic carbocycles. The number of aliphatic imine (C=N–C) groups is 1. The van der Waals surface area contributed by atoms with E-state index >= 15 is 0 Å². The summed E-state index contributed by atoms with van der Waals surface area (Å²) in [6, 6.07) is 0. The van der Waals surface area contributed by atoms with Gasteiger partial charge in [0.05, 0.1) is 0 Å².